The lowest BCUT2D eigenvalue weighted by molar-refractivity contribution is 0.694. The van der Waals surface area contributed by atoms with E-state index in [1.165, 1.54) is 11.4 Å². The van der Waals surface area contributed by atoms with Gasteiger partial charge in [0.05, 0.1) is 0 Å². The Kier molecular flexibility index (Phi) is 3.13. The lowest BCUT2D eigenvalue weighted by Crippen LogP contribution is -2.01. The Hall–Kier alpha value is -1.51. The van der Waals surface area contributed by atoms with Crippen LogP contribution >= 0.6 is 0 Å². The van der Waals surface area contributed by atoms with Crippen LogP contribution in [0.5, 0.6) is 0 Å². The fraction of sp³-hybridized carbons (Fsp3) is 0.462. The molecule has 86 valence electrons. The van der Waals surface area contributed by atoms with Crippen LogP contribution in [-0.2, 0) is 6.42 Å². The van der Waals surface area contributed by atoms with E-state index in [0.29, 0.717) is 11.8 Å². The second-order valence-electron chi connectivity index (χ2n) is 4.67. The summed E-state index contributed by atoms with van der Waals surface area (Å²) >= 11 is 0. The van der Waals surface area contributed by atoms with Gasteiger partial charge in [-0.1, -0.05) is 20.8 Å². The van der Waals surface area contributed by atoms with Gasteiger partial charge in [-0.15, -0.1) is 0 Å². The topological polar surface area (TPSA) is 44.5 Å². The summed E-state index contributed by atoms with van der Waals surface area (Å²) in [4.78, 5) is 10.9. The summed E-state index contributed by atoms with van der Waals surface area (Å²) in [7, 11) is 0. The highest BCUT2D eigenvalue weighted by atomic mass is 14.9. The first-order chi connectivity index (χ1) is 7.66. The third-order valence-electron chi connectivity index (χ3n) is 2.90. The van der Waals surface area contributed by atoms with Crippen LogP contribution in [0.25, 0.3) is 0 Å². The molecule has 0 aliphatic heterocycles. The van der Waals surface area contributed by atoms with Crippen LogP contribution in [0.4, 0.5) is 0 Å². The number of rotatable bonds is 4. The van der Waals surface area contributed by atoms with Crippen LogP contribution in [0.2, 0.25) is 0 Å². The SMILES string of the molecule is CC(C)c1ccc(CC(C)c2ncc[nH]2)[nH]1. The van der Waals surface area contributed by atoms with Crippen molar-refractivity contribution in [1.29, 1.82) is 0 Å². The molecule has 2 aromatic heterocycles. The molecule has 2 heterocycles. The maximum absolute atomic E-state index is 4.28. The zero-order valence-electron chi connectivity index (χ0n) is 10.1. The first-order valence-corrected chi connectivity index (χ1v) is 5.84. The summed E-state index contributed by atoms with van der Waals surface area (Å²) in [5.74, 6) is 2.04. The fourth-order valence-electron chi connectivity index (χ4n) is 1.89. The minimum atomic E-state index is 0.425. The van der Waals surface area contributed by atoms with Gasteiger partial charge in [-0.25, -0.2) is 4.98 Å². The molecule has 2 rings (SSSR count). The Morgan fingerprint density at radius 2 is 2.06 bits per heavy atom. The van der Waals surface area contributed by atoms with E-state index >= 15 is 0 Å². The van der Waals surface area contributed by atoms with E-state index in [2.05, 4.69) is 47.9 Å². The number of nitrogens with one attached hydrogen (secondary N) is 2. The minimum absolute atomic E-state index is 0.425. The summed E-state index contributed by atoms with van der Waals surface area (Å²) in [6, 6.07) is 4.35. The molecule has 3 nitrogen and oxygen atoms in total. The Labute approximate surface area is 96.3 Å². The number of hydrogen-bond donors (Lipinski definition) is 2. The number of H-pyrrole nitrogens is 2. The van der Waals surface area contributed by atoms with Gasteiger partial charge in [-0.2, -0.15) is 0 Å². The van der Waals surface area contributed by atoms with Gasteiger partial charge >= 0.3 is 0 Å². The molecule has 0 amide bonds. The second kappa shape index (κ2) is 4.56. The van der Waals surface area contributed by atoms with Gasteiger partial charge in [0, 0.05) is 29.7 Å². The summed E-state index contributed by atoms with van der Waals surface area (Å²) in [6.45, 7) is 6.59. The van der Waals surface area contributed by atoms with Crippen molar-refractivity contribution in [3.63, 3.8) is 0 Å². The van der Waals surface area contributed by atoms with E-state index < -0.39 is 0 Å². The normalized spacial score (nSPS) is 13.2. The van der Waals surface area contributed by atoms with Crippen molar-refractivity contribution in [2.45, 2.75) is 39.0 Å². The highest BCUT2D eigenvalue weighted by molar-refractivity contribution is 5.17. The summed E-state index contributed by atoms with van der Waals surface area (Å²) in [5.41, 5.74) is 2.59. The molecule has 0 aromatic carbocycles. The Morgan fingerprint density at radius 1 is 1.25 bits per heavy atom. The third kappa shape index (κ3) is 2.35. The van der Waals surface area contributed by atoms with Gasteiger partial charge in [-0.05, 0) is 24.5 Å². The fourth-order valence-corrected chi connectivity index (χ4v) is 1.89. The highest BCUT2D eigenvalue weighted by Crippen LogP contribution is 2.19. The van der Waals surface area contributed by atoms with Gasteiger partial charge in [0.1, 0.15) is 5.82 Å². The third-order valence-corrected chi connectivity index (χ3v) is 2.90. The predicted octanol–water partition coefficient (Wildman–Crippen LogP) is 3.21. The van der Waals surface area contributed by atoms with Crippen molar-refractivity contribution in [3.05, 3.63) is 41.7 Å². The van der Waals surface area contributed by atoms with E-state index in [-0.39, 0.29) is 0 Å². The van der Waals surface area contributed by atoms with E-state index in [4.69, 9.17) is 0 Å². The van der Waals surface area contributed by atoms with Crippen LogP contribution in [-0.4, -0.2) is 15.0 Å². The second-order valence-corrected chi connectivity index (χ2v) is 4.67. The van der Waals surface area contributed by atoms with Crippen LogP contribution < -0.4 is 0 Å². The van der Waals surface area contributed by atoms with Crippen LogP contribution in [0.3, 0.4) is 0 Å². The molecule has 16 heavy (non-hydrogen) atoms. The average molecular weight is 217 g/mol. The molecule has 0 aliphatic carbocycles. The maximum Gasteiger partial charge on any atom is 0.109 e. The van der Waals surface area contributed by atoms with E-state index in [9.17, 15) is 0 Å². The molecule has 0 aliphatic rings. The quantitative estimate of drug-likeness (QED) is 0.811. The first-order valence-electron chi connectivity index (χ1n) is 5.84. The lowest BCUT2D eigenvalue weighted by Gasteiger charge is -2.07. The zero-order valence-corrected chi connectivity index (χ0v) is 10.1. The van der Waals surface area contributed by atoms with Crippen LogP contribution in [0.1, 0.15) is 49.8 Å². The molecule has 0 bridgehead atoms. The standard InChI is InChI=1S/C13H19N3/c1-9(2)12-5-4-11(16-12)8-10(3)13-14-6-7-15-13/h4-7,9-10,16H,8H2,1-3H3,(H,14,15). The molecule has 1 unspecified atom stereocenters. The maximum atomic E-state index is 4.28. The number of nitrogens with zero attached hydrogens (tertiary/aromatic N) is 1. The summed E-state index contributed by atoms with van der Waals surface area (Å²) in [5, 5.41) is 0. The van der Waals surface area contributed by atoms with Gasteiger partial charge in [-0.3, -0.25) is 0 Å². The molecular formula is C13H19N3. The minimum Gasteiger partial charge on any atom is -0.362 e. The molecular weight excluding hydrogens is 198 g/mol. The number of aromatic amines is 2. The van der Waals surface area contributed by atoms with Crippen molar-refractivity contribution in [1.82, 2.24) is 15.0 Å². The van der Waals surface area contributed by atoms with Crippen LogP contribution in [0, 0.1) is 0 Å². The van der Waals surface area contributed by atoms with E-state index in [0.717, 1.165) is 12.2 Å². The van der Waals surface area contributed by atoms with Crippen molar-refractivity contribution in [2.24, 2.45) is 0 Å². The van der Waals surface area contributed by atoms with E-state index in [1.54, 1.807) is 6.20 Å². The van der Waals surface area contributed by atoms with Gasteiger partial charge < -0.3 is 9.97 Å². The van der Waals surface area contributed by atoms with E-state index in [1.807, 2.05) is 6.20 Å². The predicted molar refractivity (Wildman–Crippen MR) is 65.6 cm³/mol. The van der Waals surface area contributed by atoms with Gasteiger partial charge in [0.2, 0.25) is 0 Å². The molecule has 0 saturated carbocycles. The molecule has 0 fully saturated rings. The summed E-state index contributed by atoms with van der Waals surface area (Å²) in [6.07, 6.45) is 4.68. The van der Waals surface area contributed by atoms with Gasteiger partial charge in [0.15, 0.2) is 0 Å². The molecule has 0 saturated heterocycles. The average Bonchev–Trinajstić information content (AvgIpc) is 2.87. The van der Waals surface area contributed by atoms with Crippen molar-refractivity contribution >= 4 is 0 Å². The largest absolute Gasteiger partial charge is 0.362 e. The first kappa shape index (κ1) is 11.0. The summed E-state index contributed by atoms with van der Waals surface area (Å²) < 4.78 is 0. The van der Waals surface area contributed by atoms with Crippen LogP contribution in [0.15, 0.2) is 24.5 Å². The molecule has 0 spiro atoms. The number of hydrogen-bond acceptors (Lipinski definition) is 1. The molecule has 2 aromatic rings. The molecule has 2 N–H and O–H groups in total. The lowest BCUT2D eigenvalue weighted by atomic mass is 10.1. The monoisotopic (exact) mass is 217 g/mol. The highest BCUT2D eigenvalue weighted by Gasteiger charge is 2.10. The zero-order chi connectivity index (χ0) is 11.5. The van der Waals surface area contributed by atoms with Crippen molar-refractivity contribution in [2.75, 3.05) is 0 Å². The van der Waals surface area contributed by atoms with Crippen molar-refractivity contribution in [3.8, 4) is 0 Å². The Morgan fingerprint density at radius 3 is 2.62 bits per heavy atom. The molecule has 1 atom stereocenters. The van der Waals surface area contributed by atoms with Gasteiger partial charge in [0.25, 0.3) is 0 Å². The molecule has 0 radical (unpaired) electrons. The number of imidazole rings is 1. The number of aromatic nitrogens is 3. The Bertz CT molecular complexity index is 426. The Balaban J connectivity index is 2.03. The smallest absolute Gasteiger partial charge is 0.109 e. The molecule has 3 heteroatoms. The van der Waals surface area contributed by atoms with Crippen molar-refractivity contribution < 1.29 is 0 Å².